The highest BCUT2D eigenvalue weighted by atomic mass is 16.5. The van der Waals surface area contributed by atoms with Crippen LogP contribution in [0.3, 0.4) is 0 Å². The van der Waals surface area contributed by atoms with Crippen LogP contribution in [0.15, 0.2) is 48.5 Å². The molecule has 1 heterocycles. The number of methoxy groups -OCH3 is 1. The number of nitrogens with zero attached hydrogens (tertiary/aromatic N) is 2. The third kappa shape index (κ3) is 4.25. The van der Waals surface area contributed by atoms with E-state index in [1.807, 2.05) is 27.1 Å². The second-order valence-corrected chi connectivity index (χ2v) is 7.01. The standard InChI is InChI=1S/C23H27N3O2/c1-16-22(17-11-13-18(14-12-17)26(2)3)19-8-5-6-9-20(19)23(25-16)24-15-7-10-21(27)28-4/h5-6,8-9,11-14H,7,10,15H2,1-4H3,(H,24,25). The lowest BCUT2D eigenvalue weighted by atomic mass is 9.97. The fraction of sp³-hybridized carbons (Fsp3) is 0.304. The predicted molar refractivity (Wildman–Crippen MR) is 116 cm³/mol. The molecule has 1 N–H and O–H groups in total. The maximum Gasteiger partial charge on any atom is 0.305 e. The van der Waals surface area contributed by atoms with E-state index >= 15 is 0 Å². The van der Waals surface area contributed by atoms with Crippen molar-refractivity contribution in [3.05, 3.63) is 54.2 Å². The lowest BCUT2D eigenvalue weighted by Crippen LogP contribution is -2.09. The lowest BCUT2D eigenvalue weighted by molar-refractivity contribution is -0.140. The molecule has 5 nitrogen and oxygen atoms in total. The molecule has 0 bridgehead atoms. The summed E-state index contributed by atoms with van der Waals surface area (Å²) in [6.07, 6.45) is 1.10. The van der Waals surface area contributed by atoms with Gasteiger partial charge in [-0.05, 0) is 36.4 Å². The molecule has 0 atom stereocenters. The first kappa shape index (κ1) is 19.7. The van der Waals surface area contributed by atoms with Crippen LogP contribution in [0.4, 0.5) is 11.5 Å². The van der Waals surface area contributed by atoms with Gasteiger partial charge in [0.2, 0.25) is 0 Å². The van der Waals surface area contributed by atoms with Gasteiger partial charge in [-0.3, -0.25) is 4.79 Å². The fourth-order valence-corrected chi connectivity index (χ4v) is 3.35. The zero-order valence-electron chi connectivity index (χ0n) is 17.0. The average molecular weight is 377 g/mol. The summed E-state index contributed by atoms with van der Waals surface area (Å²) in [5, 5.41) is 5.64. The number of nitrogens with one attached hydrogen (secondary N) is 1. The average Bonchev–Trinajstić information content (AvgIpc) is 2.71. The number of pyridine rings is 1. The highest BCUT2D eigenvalue weighted by molar-refractivity contribution is 6.03. The van der Waals surface area contributed by atoms with Gasteiger partial charge in [-0.25, -0.2) is 4.98 Å². The molecule has 3 rings (SSSR count). The van der Waals surface area contributed by atoms with Crippen LogP contribution >= 0.6 is 0 Å². The number of ether oxygens (including phenoxy) is 1. The van der Waals surface area contributed by atoms with E-state index in [0.29, 0.717) is 19.4 Å². The highest BCUT2D eigenvalue weighted by Gasteiger charge is 2.13. The van der Waals surface area contributed by atoms with E-state index in [9.17, 15) is 4.79 Å². The van der Waals surface area contributed by atoms with E-state index in [0.717, 1.165) is 28.0 Å². The van der Waals surface area contributed by atoms with E-state index in [4.69, 9.17) is 9.72 Å². The van der Waals surface area contributed by atoms with Crippen LogP contribution < -0.4 is 10.2 Å². The van der Waals surface area contributed by atoms with Crippen molar-refractivity contribution < 1.29 is 9.53 Å². The maximum absolute atomic E-state index is 11.3. The summed E-state index contributed by atoms with van der Waals surface area (Å²) in [4.78, 5) is 18.2. The number of carbonyl (C=O) groups is 1. The summed E-state index contributed by atoms with van der Waals surface area (Å²) in [6.45, 7) is 2.71. The molecule has 28 heavy (non-hydrogen) atoms. The van der Waals surface area contributed by atoms with Gasteiger partial charge in [-0.15, -0.1) is 0 Å². The zero-order valence-corrected chi connectivity index (χ0v) is 17.0. The molecule has 0 saturated heterocycles. The molecule has 146 valence electrons. The molecule has 0 aliphatic carbocycles. The number of hydrogen-bond donors (Lipinski definition) is 1. The molecule has 0 fully saturated rings. The first-order chi connectivity index (χ1) is 13.5. The molecule has 0 aliphatic rings. The van der Waals surface area contributed by atoms with Crippen molar-refractivity contribution in [1.29, 1.82) is 0 Å². The van der Waals surface area contributed by atoms with Crippen molar-refractivity contribution in [2.24, 2.45) is 0 Å². The third-order valence-electron chi connectivity index (χ3n) is 4.84. The third-order valence-corrected chi connectivity index (χ3v) is 4.84. The monoisotopic (exact) mass is 377 g/mol. The van der Waals surface area contributed by atoms with Crippen molar-refractivity contribution in [2.75, 3.05) is 38.0 Å². The van der Waals surface area contributed by atoms with Crippen molar-refractivity contribution in [3.8, 4) is 11.1 Å². The van der Waals surface area contributed by atoms with Gasteiger partial charge in [-0.2, -0.15) is 0 Å². The van der Waals surface area contributed by atoms with Gasteiger partial charge >= 0.3 is 5.97 Å². The molecule has 0 unspecified atom stereocenters. The van der Waals surface area contributed by atoms with Gasteiger partial charge in [0.05, 0.1) is 7.11 Å². The van der Waals surface area contributed by atoms with Crippen LogP contribution in [-0.2, 0) is 9.53 Å². The molecule has 2 aromatic carbocycles. The second-order valence-electron chi connectivity index (χ2n) is 7.01. The lowest BCUT2D eigenvalue weighted by Gasteiger charge is -2.17. The molecule has 5 heteroatoms. The first-order valence-corrected chi connectivity index (χ1v) is 9.49. The molecule has 0 spiro atoms. The molecule has 0 radical (unpaired) electrons. The minimum absolute atomic E-state index is 0.188. The van der Waals surface area contributed by atoms with Gasteiger partial charge in [0.15, 0.2) is 0 Å². The summed E-state index contributed by atoms with van der Waals surface area (Å²) >= 11 is 0. The Hall–Kier alpha value is -3.08. The van der Waals surface area contributed by atoms with Crippen LogP contribution in [0.1, 0.15) is 18.5 Å². The number of hydrogen-bond acceptors (Lipinski definition) is 5. The van der Waals surface area contributed by atoms with Crippen molar-refractivity contribution in [2.45, 2.75) is 19.8 Å². The summed E-state index contributed by atoms with van der Waals surface area (Å²) < 4.78 is 4.69. The predicted octanol–water partition coefficient (Wildman–Crippen LogP) is 4.64. The smallest absolute Gasteiger partial charge is 0.305 e. The molecule has 1 aromatic heterocycles. The number of esters is 1. The molecule has 0 saturated carbocycles. The Balaban J connectivity index is 1.93. The second kappa shape index (κ2) is 8.74. The van der Waals surface area contributed by atoms with Crippen LogP contribution in [0.25, 0.3) is 21.9 Å². The van der Waals surface area contributed by atoms with E-state index < -0.39 is 0 Å². The number of aryl methyl sites for hydroxylation is 1. The van der Waals surface area contributed by atoms with Crippen molar-refractivity contribution in [1.82, 2.24) is 4.98 Å². The van der Waals surface area contributed by atoms with Crippen LogP contribution in [0.5, 0.6) is 0 Å². The first-order valence-electron chi connectivity index (χ1n) is 9.49. The van der Waals surface area contributed by atoms with Gasteiger partial charge < -0.3 is 15.0 Å². The molecular formula is C23H27N3O2. The van der Waals surface area contributed by atoms with E-state index in [-0.39, 0.29) is 5.97 Å². The minimum Gasteiger partial charge on any atom is -0.469 e. The van der Waals surface area contributed by atoms with Gasteiger partial charge in [0.1, 0.15) is 5.82 Å². The van der Waals surface area contributed by atoms with E-state index in [1.54, 1.807) is 0 Å². The largest absolute Gasteiger partial charge is 0.469 e. The number of anilines is 2. The highest BCUT2D eigenvalue weighted by Crippen LogP contribution is 2.35. The van der Waals surface area contributed by atoms with Gasteiger partial charge in [0.25, 0.3) is 0 Å². The maximum atomic E-state index is 11.3. The van der Waals surface area contributed by atoms with Crippen LogP contribution in [-0.4, -0.2) is 38.7 Å². The van der Waals surface area contributed by atoms with Gasteiger partial charge in [-0.1, -0.05) is 36.4 Å². The summed E-state index contributed by atoms with van der Waals surface area (Å²) in [5.41, 5.74) is 4.46. The topological polar surface area (TPSA) is 54.5 Å². The molecule has 0 amide bonds. The number of fused-ring (bicyclic) bond motifs is 1. The minimum atomic E-state index is -0.188. The Labute approximate surface area is 166 Å². The van der Waals surface area contributed by atoms with Crippen LogP contribution in [0.2, 0.25) is 0 Å². The normalized spacial score (nSPS) is 10.7. The quantitative estimate of drug-likeness (QED) is 0.480. The summed E-state index contributed by atoms with van der Waals surface area (Å²) in [6, 6.07) is 16.9. The Morgan fingerprint density at radius 2 is 1.75 bits per heavy atom. The van der Waals surface area contributed by atoms with Crippen molar-refractivity contribution in [3.63, 3.8) is 0 Å². The SMILES string of the molecule is COC(=O)CCCNc1nc(C)c(-c2ccc(N(C)C)cc2)c2ccccc12. The van der Waals surface area contributed by atoms with Gasteiger partial charge in [0, 0.05) is 49.4 Å². The summed E-state index contributed by atoms with van der Waals surface area (Å²) in [5.74, 6) is 0.666. The Morgan fingerprint density at radius 3 is 2.39 bits per heavy atom. The Morgan fingerprint density at radius 1 is 1.07 bits per heavy atom. The molecular weight excluding hydrogens is 350 g/mol. The number of carbonyl (C=O) groups excluding carboxylic acids is 1. The van der Waals surface area contributed by atoms with E-state index in [2.05, 4.69) is 52.7 Å². The zero-order chi connectivity index (χ0) is 20.1. The summed E-state index contributed by atoms with van der Waals surface area (Å²) in [7, 11) is 5.49. The molecule has 3 aromatic rings. The fourth-order valence-electron chi connectivity index (χ4n) is 3.35. The van der Waals surface area contributed by atoms with E-state index in [1.165, 1.54) is 18.2 Å². The number of aromatic nitrogens is 1. The van der Waals surface area contributed by atoms with Crippen molar-refractivity contribution >= 4 is 28.2 Å². The van der Waals surface area contributed by atoms with Crippen LogP contribution in [0, 0.1) is 6.92 Å². The Kier molecular flexibility index (Phi) is 6.14. The molecule has 0 aliphatic heterocycles. The number of benzene rings is 2. The Bertz CT molecular complexity index is 965. The number of rotatable bonds is 7.